The molecule has 162 valence electrons. The second-order valence-corrected chi connectivity index (χ2v) is 12.6. The van der Waals surface area contributed by atoms with Gasteiger partial charge in [-0.3, -0.25) is 0 Å². The highest BCUT2D eigenvalue weighted by Crippen LogP contribution is 2.68. The van der Waals surface area contributed by atoms with Crippen molar-refractivity contribution >= 4 is 0 Å². The summed E-state index contributed by atoms with van der Waals surface area (Å²) in [5.74, 6) is 5.69. The van der Waals surface area contributed by atoms with Gasteiger partial charge in [-0.1, -0.05) is 66.7 Å². The molecule has 9 atom stereocenters. The Kier molecular flexibility index (Phi) is 5.98. The number of fused-ring (bicyclic) bond motifs is 5. The molecule has 1 unspecified atom stereocenters. The normalized spacial score (nSPS) is 49.4. The summed E-state index contributed by atoms with van der Waals surface area (Å²) in [6.45, 7) is 12.4. The molecular formula is C27H48O. The fraction of sp³-hybridized carbons (Fsp3) is 1.00. The average molecular weight is 389 g/mol. The van der Waals surface area contributed by atoms with Crippen LogP contribution in [0.4, 0.5) is 0 Å². The largest absolute Gasteiger partial charge is 0.393 e. The van der Waals surface area contributed by atoms with Gasteiger partial charge in [0.05, 0.1) is 6.10 Å². The minimum atomic E-state index is -0.0420. The first kappa shape index (κ1) is 21.2. The van der Waals surface area contributed by atoms with Crippen molar-refractivity contribution in [2.45, 2.75) is 118 Å². The predicted molar refractivity (Wildman–Crippen MR) is 119 cm³/mol. The lowest BCUT2D eigenvalue weighted by Crippen LogP contribution is -2.53. The maximum absolute atomic E-state index is 11.3. The maximum atomic E-state index is 11.3. The van der Waals surface area contributed by atoms with E-state index >= 15 is 0 Å². The van der Waals surface area contributed by atoms with Crippen LogP contribution in [-0.2, 0) is 0 Å². The lowest BCUT2D eigenvalue weighted by atomic mass is 9.44. The summed E-state index contributed by atoms with van der Waals surface area (Å²) < 4.78 is 0. The minimum Gasteiger partial charge on any atom is -0.393 e. The third-order valence-corrected chi connectivity index (χ3v) is 10.7. The molecule has 1 heteroatoms. The summed E-state index contributed by atoms with van der Waals surface area (Å²) in [7, 11) is 0. The monoisotopic (exact) mass is 388 g/mol. The van der Waals surface area contributed by atoms with Crippen LogP contribution >= 0.6 is 0 Å². The molecule has 0 bridgehead atoms. The zero-order chi connectivity index (χ0) is 20.1. The first-order chi connectivity index (χ1) is 13.3. The molecule has 4 rings (SSSR count). The molecule has 0 heterocycles. The van der Waals surface area contributed by atoms with Gasteiger partial charge < -0.3 is 5.11 Å². The zero-order valence-corrected chi connectivity index (χ0v) is 19.6. The molecule has 0 radical (unpaired) electrons. The van der Waals surface area contributed by atoms with E-state index in [9.17, 15) is 5.11 Å². The maximum Gasteiger partial charge on any atom is 0.0579 e. The molecule has 28 heavy (non-hydrogen) atoms. The van der Waals surface area contributed by atoms with Crippen LogP contribution in [0.2, 0.25) is 0 Å². The van der Waals surface area contributed by atoms with E-state index in [0.717, 1.165) is 36.0 Å². The Hall–Kier alpha value is -0.0400. The van der Waals surface area contributed by atoms with Crippen molar-refractivity contribution < 1.29 is 5.11 Å². The second kappa shape index (κ2) is 7.90. The second-order valence-electron chi connectivity index (χ2n) is 12.6. The molecule has 4 aliphatic rings. The van der Waals surface area contributed by atoms with Crippen LogP contribution in [0.3, 0.4) is 0 Å². The van der Waals surface area contributed by atoms with E-state index in [4.69, 9.17) is 0 Å². The highest BCUT2D eigenvalue weighted by atomic mass is 16.3. The molecule has 0 aromatic heterocycles. The lowest BCUT2D eigenvalue weighted by Gasteiger charge is -2.60. The number of rotatable bonds is 5. The van der Waals surface area contributed by atoms with E-state index in [2.05, 4.69) is 34.6 Å². The Morgan fingerprint density at radius 2 is 1.64 bits per heavy atom. The van der Waals surface area contributed by atoms with Crippen LogP contribution in [0.15, 0.2) is 0 Å². The Labute approximate surface area is 175 Å². The van der Waals surface area contributed by atoms with Crippen LogP contribution in [0, 0.1) is 52.3 Å². The predicted octanol–water partition coefficient (Wildman–Crippen LogP) is 7.47. The number of hydrogen-bond donors (Lipinski definition) is 1. The van der Waals surface area contributed by atoms with E-state index in [-0.39, 0.29) is 6.10 Å². The Balaban J connectivity index is 1.51. The molecule has 1 N–H and O–H groups in total. The fourth-order valence-electron chi connectivity index (χ4n) is 9.40. The summed E-state index contributed by atoms with van der Waals surface area (Å²) in [5, 5.41) is 11.3. The quantitative estimate of drug-likeness (QED) is 0.518. The number of hydrogen-bond acceptors (Lipinski definition) is 1. The van der Waals surface area contributed by atoms with Crippen molar-refractivity contribution in [2.24, 2.45) is 52.3 Å². The Morgan fingerprint density at radius 3 is 2.39 bits per heavy atom. The first-order valence-corrected chi connectivity index (χ1v) is 13.0. The molecular weight excluding hydrogens is 340 g/mol. The van der Waals surface area contributed by atoms with Crippen LogP contribution in [-0.4, -0.2) is 11.2 Å². The fourth-order valence-corrected chi connectivity index (χ4v) is 9.40. The third-order valence-electron chi connectivity index (χ3n) is 10.7. The molecule has 0 aromatic rings. The van der Waals surface area contributed by atoms with Gasteiger partial charge in [-0.25, -0.2) is 0 Å². The van der Waals surface area contributed by atoms with Gasteiger partial charge in [0, 0.05) is 0 Å². The summed E-state index contributed by atoms with van der Waals surface area (Å²) in [5.41, 5.74) is 1.02. The molecule has 0 aromatic carbocycles. The van der Waals surface area contributed by atoms with Gasteiger partial charge in [0.2, 0.25) is 0 Å². The van der Waals surface area contributed by atoms with Crippen molar-refractivity contribution in [3.05, 3.63) is 0 Å². The highest BCUT2D eigenvalue weighted by Gasteiger charge is 2.62. The summed E-state index contributed by atoms with van der Waals surface area (Å²) >= 11 is 0. The first-order valence-electron chi connectivity index (χ1n) is 13.0. The molecule has 0 amide bonds. The number of aliphatic hydroxyl groups excluding tert-OH is 1. The van der Waals surface area contributed by atoms with Crippen LogP contribution in [0.5, 0.6) is 0 Å². The SMILES string of the molecule is CC(C)CCC[C@@H](C)[C@H]1C(O)C[C@H]2[C@@H]3CC[C@@H]4CCCC[C@]4(C)[C@H]3CC[C@]12C. The molecule has 4 saturated carbocycles. The van der Waals surface area contributed by atoms with Gasteiger partial charge in [-0.05, 0) is 97.2 Å². The van der Waals surface area contributed by atoms with E-state index in [1.807, 2.05) is 0 Å². The van der Waals surface area contributed by atoms with Crippen molar-refractivity contribution in [2.75, 3.05) is 0 Å². The molecule has 0 aliphatic heterocycles. The zero-order valence-electron chi connectivity index (χ0n) is 19.6. The molecule has 0 spiro atoms. The van der Waals surface area contributed by atoms with E-state index < -0.39 is 0 Å². The van der Waals surface area contributed by atoms with Crippen molar-refractivity contribution in [3.63, 3.8) is 0 Å². The Morgan fingerprint density at radius 1 is 0.857 bits per heavy atom. The molecule has 1 nitrogen and oxygen atoms in total. The van der Waals surface area contributed by atoms with Crippen LogP contribution < -0.4 is 0 Å². The highest BCUT2D eigenvalue weighted by molar-refractivity contribution is 5.11. The summed E-state index contributed by atoms with van der Waals surface area (Å²) in [6.07, 6.45) is 16.8. The van der Waals surface area contributed by atoms with E-state index in [1.165, 1.54) is 70.6 Å². The van der Waals surface area contributed by atoms with Gasteiger partial charge >= 0.3 is 0 Å². The topological polar surface area (TPSA) is 20.2 Å². The van der Waals surface area contributed by atoms with E-state index in [1.54, 1.807) is 0 Å². The van der Waals surface area contributed by atoms with Gasteiger partial charge in [0.25, 0.3) is 0 Å². The molecule has 4 fully saturated rings. The minimum absolute atomic E-state index is 0.0420. The number of aliphatic hydroxyl groups is 1. The average Bonchev–Trinajstić information content (AvgIpc) is 2.91. The van der Waals surface area contributed by atoms with Crippen LogP contribution in [0.25, 0.3) is 0 Å². The smallest absolute Gasteiger partial charge is 0.0579 e. The van der Waals surface area contributed by atoms with Gasteiger partial charge in [-0.2, -0.15) is 0 Å². The van der Waals surface area contributed by atoms with Crippen molar-refractivity contribution in [1.29, 1.82) is 0 Å². The Bertz CT molecular complexity index is 540. The van der Waals surface area contributed by atoms with Gasteiger partial charge in [-0.15, -0.1) is 0 Å². The summed E-state index contributed by atoms with van der Waals surface area (Å²) in [4.78, 5) is 0. The van der Waals surface area contributed by atoms with Gasteiger partial charge in [0.1, 0.15) is 0 Å². The van der Waals surface area contributed by atoms with E-state index in [0.29, 0.717) is 22.7 Å². The molecule has 0 saturated heterocycles. The standard InChI is InChI=1S/C27H48O/c1-18(2)9-8-10-19(3)25-24(28)17-23-21-13-12-20-11-6-7-15-26(20,4)22(21)14-16-27(23,25)5/h18-25,28H,6-17H2,1-5H3/t19-,20+,21-,22+,23+,24?,25+,26+,27+/m1/s1. The lowest BCUT2D eigenvalue weighted by molar-refractivity contribution is -0.115. The van der Waals surface area contributed by atoms with Crippen molar-refractivity contribution in [3.8, 4) is 0 Å². The third kappa shape index (κ3) is 3.40. The molecule has 4 aliphatic carbocycles. The summed E-state index contributed by atoms with van der Waals surface area (Å²) in [6, 6.07) is 0. The van der Waals surface area contributed by atoms with Crippen molar-refractivity contribution in [1.82, 2.24) is 0 Å². The van der Waals surface area contributed by atoms with Crippen LogP contribution in [0.1, 0.15) is 112 Å². The van der Waals surface area contributed by atoms with Gasteiger partial charge in [0.15, 0.2) is 0 Å².